The number of nitrogens with one attached hydrogen (secondary N) is 1. The van der Waals surface area contributed by atoms with E-state index in [4.69, 9.17) is 4.74 Å². The zero-order chi connectivity index (χ0) is 13.5. The van der Waals surface area contributed by atoms with Crippen molar-refractivity contribution < 1.29 is 4.74 Å². The van der Waals surface area contributed by atoms with Crippen LogP contribution in [0.25, 0.3) is 0 Å². The molecule has 0 amide bonds. The molecule has 0 bridgehead atoms. The van der Waals surface area contributed by atoms with Crippen molar-refractivity contribution in [1.82, 2.24) is 5.32 Å². The molecule has 2 rings (SSSR count). The van der Waals surface area contributed by atoms with Gasteiger partial charge in [-0.15, -0.1) is 0 Å². The third-order valence-corrected chi connectivity index (χ3v) is 3.31. The van der Waals surface area contributed by atoms with Gasteiger partial charge in [0.05, 0.1) is 7.11 Å². The van der Waals surface area contributed by atoms with Crippen LogP contribution in [-0.4, -0.2) is 13.7 Å². The summed E-state index contributed by atoms with van der Waals surface area (Å²) in [6.45, 7) is 4.13. The summed E-state index contributed by atoms with van der Waals surface area (Å²) in [7, 11) is 1.69. The smallest absolute Gasteiger partial charge is 0.118 e. The fraction of sp³-hybridized carbons (Fsp3) is 0.294. The topological polar surface area (TPSA) is 21.3 Å². The summed E-state index contributed by atoms with van der Waals surface area (Å²) in [6.07, 6.45) is 0. The van der Waals surface area contributed by atoms with Crippen LogP contribution in [0.1, 0.15) is 24.0 Å². The molecule has 0 saturated heterocycles. The van der Waals surface area contributed by atoms with Gasteiger partial charge in [0.2, 0.25) is 0 Å². The second kappa shape index (κ2) is 6.95. The highest BCUT2D eigenvalue weighted by Gasteiger charge is 2.05. The van der Waals surface area contributed by atoms with Crippen LogP contribution in [0.4, 0.5) is 0 Å². The minimum Gasteiger partial charge on any atom is -0.497 e. The molecule has 100 valence electrons. The molecular weight excluding hydrogens is 234 g/mol. The van der Waals surface area contributed by atoms with E-state index in [1.54, 1.807) is 7.11 Å². The molecule has 0 aliphatic heterocycles. The molecule has 1 atom stereocenters. The van der Waals surface area contributed by atoms with Crippen molar-refractivity contribution in [2.75, 3.05) is 13.7 Å². The van der Waals surface area contributed by atoms with E-state index in [0.29, 0.717) is 5.92 Å². The number of hydrogen-bond acceptors (Lipinski definition) is 2. The highest BCUT2D eigenvalue weighted by Crippen LogP contribution is 2.18. The number of benzene rings is 2. The van der Waals surface area contributed by atoms with E-state index in [1.165, 1.54) is 11.1 Å². The molecule has 1 N–H and O–H groups in total. The minimum absolute atomic E-state index is 0.495. The average Bonchev–Trinajstić information content (AvgIpc) is 2.48. The van der Waals surface area contributed by atoms with Gasteiger partial charge in [-0.3, -0.25) is 0 Å². The maximum absolute atomic E-state index is 5.17. The van der Waals surface area contributed by atoms with Gasteiger partial charge in [0.25, 0.3) is 0 Å². The molecule has 0 spiro atoms. The van der Waals surface area contributed by atoms with Gasteiger partial charge in [0.15, 0.2) is 0 Å². The van der Waals surface area contributed by atoms with Crippen molar-refractivity contribution >= 4 is 0 Å². The van der Waals surface area contributed by atoms with Crippen LogP contribution in [-0.2, 0) is 6.54 Å². The average molecular weight is 255 g/mol. The number of hydrogen-bond donors (Lipinski definition) is 1. The maximum Gasteiger partial charge on any atom is 0.118 e. The summed E-state index contributed by atoms with van der Waals surface area (Å²) in [5, 5.41) is 3.50. The lowest BCUT2D eigenvalue weighted by Crippen LogP contribution is -2.19. The summed E-state index contributed by atoms with van der Waals surface area (Å²) in [5.41, 5.74) is 2.66. The largest absolute Gasteiger partial charge is 0.497 e. The highest BCUT2D eigenvalue weighted by atomic mass is 16.5. The van der Waals surface area contributed by atoms with Gasteiger partial charge >= 0.3 is 0 Å². The summed E-state index contributed by atoms with van der Waals surface area (Å²) < 4.78 is 5.17. The molecule has 0 aliphatic rings. The van der Waals surface area contributed by atoms with E-state index in [1.807, 2.05) is 18.2 Å². The Labute approximate surface area is 115 Å². The maximum atomic E-state index is 5.17. The third-order valence-electron chi connectivity index (χ3n) is 3.31. The summed E-state index contributed by atoms with van der Waals surface area (Å²) in [5.74, 6) is 1.41. The number of rotatable bonds is 6. The fourth-order valence-corrected chi connectivity index (χ4v) is 2.08. The lowest BCUT2D eigenvalue weighted by atomic mass is 10.0. The molecule has 2 nitrogen and oxygen atoms in total. The first kappa shape index (κ1) is 13.6. The quantitative estimate of drug-likeness (QED) is 0.851. The van der Waals surface area contributed by atoms with Crippen LogP contribution in [0.3, 0.4) is 0 Å². The second-order valence-electron chi connectivity index (χ2n) is 4.79. The van der Waals surface area contributed by atoms with Crippen LogP contribution >= 0.6 is 0 Å². The first-order valence-corrected chi connectivity index (χ1v) is 6.68. The van der Waals surface area contributed by atoms with Crippen LogP contribution in [0.5, 0.6) is 5.75 Å². The molecule has 2 heteroatoms. The SMILES string of the molecule is COc1ccc(C(C)CNCc2ccccc2)cc1. The lowest BCUT2D eigenvalue weighted by Gasteiger charge is -2.13. The van der Waals surface area contributed by atoms with E-state index in [-0.39, 0.29) is 0 Å². The second-order valence-corrected chi connectivity index (χ2v) is 4.79. The Morgan fingerprint density at radius 2 is 1.68 bits per heavy atom. The van der Waals surface area contributed by atoms with Crippen molar-refractivity contribution in [3.05, 3.63) is 65.7 Å². The van der Waals surface area contributed by atoms with Gasteiger partial charge in [-0.1, -0.05) is 49.4 Å². The molecule has 0 heterocycles. The van der Waals surface area contributed by atoms with Crippen molar-refractivity contribution in [3.8, 4) is 5.75 Å². The summed E-state index contributed by atoms with van der Waals surface area (Å²) in [4.78, 5) is 0. The lowest BCUT2D eigenvalue weighted by molar-refractivity contribution is 0.414. The van der Waals surface area contributed by atoms with Crippen molar-refractivity contribution in [1.29, 1.82) is 0 Å². The Hall–Kier alpha value is -1.80. The van der Waals surface area contributed by atoms with Crippen LogP contribution in [0.2, 0.25) is 0 Å². The molecule has 0 radical (unpaired) electrons. The highest BCUT2D eigenvalue weighted by molar-refractivity contribution is 5.29. The summed E-state index contributed by atoms with van der Waals surface area (Å²) in [6, 6.07) is 18.8. The molecule has 0 saturated carbocycles. The van der Waals surface area contributed by atoms with E-state index in [9.17, 15) is 0 Å². The Balaban J connectivity index is 1.82. The molecular formula is C17H21NO. The third kappa shape index (κ3) is 4.11. The molecule has 2 aromatic carbocycles. The number of ether oxygens (including phenoxy) is 1. The molecule has 1 unspecified atom stereocenters. The predicted molar refractivity (Wildman–Crippen MR) is 79.6 cm³/mol. The van der Waals surface area contributed by atoms with Gasteiger partial charge in [0.1, 0.15) is 5.75 Å². The first-order valence-electron chi connectivity index (χ1n) is 6.68. The van der Waals surface area contributed by atoms with Gasteiger partial charge in [-0.2, -0.15) is 0 Å². The molecule has 0 aliphatic carbocycles. The normalized spacial score (nSPS) is 12.1. The minimum atomic E-state index is 0.495. The van der Waals surface area contributed by atoms with Gasteiger partial charge < -0.3 is 10.1 Å². The zero-order valence-corrected chi connectivity index (χ0v) is 11.6. The summed E-state index contributed by atoms with van der Waals surface area (Å²) >= 11 is 0. The monoisotopic (exact) mass is 255 g/mol. The Kier molecular flexibility index (Phi) is 4.99. The van der Waals surface area contributed by atoms with E-state index >= 15 is 0 Å². The molecule has 2 aromatic rings. The Morgan fingerprint density at radius 1 is 1.00 bits per heavy atom. The molecule has 19 heavy (non-hydrogen) atoms. The number of methoxy groups -OCH3 is 1. The zero-order valence-electron chi connectivity index (χ0n) is 11.6. The molecule has 0 aromatic heterocycles. The van der Waals surface area contributed by atoms with Gasteiger partial charge in [-0.05, 0) is 29.2 Å². The van der Waals surface area contributed by atoms with Crippen LogP contribution < -0.4 is 10.1 Å². The van der Waals surface area contributed by atoms with Crippen LogP contribution in [0.15, 0.2) is 54.6 Å². The van der Waals surface area contributed by atoms with E-state index < -0.39 is 0 Å². The fourth-order valence-electron chi connectivity index (χ4n) is 2.08. The van der Waals surface area contributed by atoms with E-state index in [0.717, 1.165) is 18.8 Å². The predicted octanol–water partition coefficient (Wildman–Crippen LogP) is 3.59. The van der Waals surface area contributed by atoms with Gasteiger partial charge in [-0.25, -0.2) is 0 Å². The van der Waals surface area contributed by atoms with Crippen LogP contribution in [0, 0.1) is 0 Å². The van der Waals surface area contributed by atoms with Gasteiger partial charge in [0, 0.05) is 13.1 Å². The van der Waals surface area contributed by atoms with Crippen molar-refractivity contribution in [2.45, 2.75) is 19.4 Å². The Morgan fingerprint density at radius 3 is 2.32 bits per heavy atom. The Bertz CT molecular complexity index is 478. The molecule has 0 fully saturated rings. The van der Waals surface area contributed by atoms with E-state index in [2.05, 4.69) is 48.6 Å². The van der Waals surface area contributed by atoms with Crippen molar-refractivity contribution in [2.24, 2.45) is 0 Å². The first-order chi connectivity index (χ1) is 9.29. The van der Waals surface area contributed by atoms with Crippen molar-refractivity contribution in [3.63, 3.8) is 0 Å². The standard InChI is InChI=1S/C17H21NO/c1-14(16-8-10-17(19-2)11-9-16)12-18-13-15-6-4-3-5-7-15/h3-11,14,18H,12-13H2,1-2H3.